The first-order valence-electron chi connectivity index (χ1n) is 3.74. The fourth-order valence-electron chi connectivity index (χ4n) is 0.762. The van der Waals surface area contributed by atoms with Gasteiger partial charge >= 0.3 is 0 Å². The summed E-state index contributed by atoms with van der Waals surface area (Å²) in [5, 5.41) is 3.78. The van der Waals surface area contributed by atoms with E-state index in [-0.39, 0.29) is 0 Å². The highest BCUT2D eigenvalue weighted by molar-refractivity contribution is 5.23. The van der Waals surface area contributed by atoms with E-state index >= 15 is 0 Å². The second kappa shape index (κ2) is 3.53. The molecule has 0 aliphatic rings. The van der Waals surface area contributed by atoms with Crippen LogP contribution < -0.4 is 4.90 Å². The average Bonchev–Trinajstić information content (AvgIpc) is 2.34. The van der Waals surface area contributed by atoms with Crippen molar-refractivity contribution >= 4 is 5.95 Å². The van der Waals surface area contributed by atoms with E-state index in [1.54, 1.807) is 0 Å². The van der Waals surface area contributed by atoms with Crippen LogP contribution in [0.2, 0.25) is 0 Å². The summed E-state index contributed by atoms with van der Waals surface area (Å²) >= 11 is 0. The van der Waals surface area contributed by atoms with Crippen LogP contribution in [0.25, 0.3) is 0 Å². The monoisotopic (exact) mass is 170 g/mol. The molecule has 0 radical (unpaired) electrons. The van der Waals surface area contributed by atoms with E-state index in [0.29, 0.717) is 18.4 Å². The molecule has 0 N–H and O–H groups in total. The Morgan fingerprint density at radius 2 is 1.92 bits per heavy atom. The van der Waals surface area contributed by atoms with Crippen molar-refractivity contribution in [3.05, 3.63) is 5.89 Å². The van der Waals surface area contributed by atoms with Crippen molar-refractivity contribution in [1.82, 2.24) is 15.0 Å². The van der Waals surface area contributed by atoms with Gasteiger partial charge in [0.15, 0.2) is 0 Å². The van der Waals surface area contributed by atoms with Crippen molar-refractivity contribution in [2.45, 2.75) is 6.54 Å². The molecule has 0 aromatic carbocycles. The molecule has 0 unspecified atom stereocenters. The SMILES string of the molecule is CN(C)Cc1nc(N(C)C)no1. The zero-order valence-corrected chi connectivity index (χ0v) is 7.90. The zero-order chi connectivity index (χ0) is 9.14. The first-order chi connectivity index (χ1) is 5.59. The van der Waals surface area contributed by atoms with Gasteiger partial charge in [0.2, 0.25) is 5.89 Å². The van der Waals surface area contributed by atoms with E-state index in [4.69, 9.17) is 4.52 Å². The summed E-state index contributed by atoms with van der Waals surface area (Å²) in [6.07, 6.45) is 0. The minimum atomic E-state index is 0.617. The molecule has 0 saturated heterocycles. The predicted molar refractivity (Wildman–Crippen MR) is 46.0 cm³/mol. The summed E-state index contributed by atoms with van der Waals surface area (Å²) in [6.45, 7) is 0.681. The summed E-state index contributed by atoms with van der Waals surface area (Å²) in [5.74, 6) is 1.26. The van der Waals surface area contributed by atoms with Crippen LogP contribution in [0.4, 0.5) is 5.95 Å². The van der Waals surface area contributed by atoms with Crippen molar-refractivity contribution in [3.8, 4) is 0 Å². The molecule has 0 spiro atoms. The van der Waals surface area contributed by atoms with Crippen LogP contribution in [-0.2, 0) is 6.54 Å². The van der Waals surface area contributed by atoms with Gasteiger partial charge in [-0.15, -0.1) is 0 Å². The molecule has 1 aromatic heterocycles. The molecule has 5 heteroatoms. The molecule has 12 heavy (non-hydrogen) atoms. The highest BCUT2D eigenvalue weighted by atomic mass is 16.5. The van der Waals surface area contributed by atoms with Gasteiger partial charge in [0.1, 0.15) is 0 Å². The van der Waals surface area contributed by atoms with Crippen LogP contribution in [0.1, 0.15) is 5.89 Å². The lowest BCUT2D eigenvalue weighted by molar-refractivity contribution is 0.303. The Hall–Kier alpha value is -1.10. The Morgan fingerprint density at radius 3 is 2.33 bits per heavy atom. The first kappa shape index (κ1) is 8.99. The molecule has 0 bridgehead atoms. The maximum absolute atomic E-state index is 4.99. The summed E-state index contributed by atoms with van der Waals surface area (Å²) in [7, 11) is 7.67. The van der Waals surface area contributed by atoms with Crippen LogP contribution in [0.15, 0.2) is 4.52 Å². The van der Waals surface area contributed by atoms with Gasteiger partial charge in [0, 0.05) is 14.1 Å². The second-order valence-corrected chi connectivity index (χ2v) is 3.12. The molecule has 1 rings (SSSR count). The smallest absolute Gasteiger partial charge is 0.265 e. The minimum Gasteiger partial charge on any atom is -0.344 e. The fraction of sp³-hybridized carbons (Fsp3) is 0.714. The highest BCUT2D eigenvalue weighted by Gasteiger charge is 2.07. The van der Waals surface area contributed by atoms with E-state index in [1.807, 2.05) is 38.0 Å². The van der Waals surface area contributed by atoms with Crippen LogP contribution >= 0.6 is 0 Å². The van der Waals surface area contributed by atoms with E-state index in [2.05, 4.69) is 10.1 Å². The van der Waals surface area contributed by atoms with Crippen molar-refractivity contribution < 1.29 is 4.52 Å². The number of anilines is 1. The van der Waals surface area contributed by atoms with Gasteiger partial charge in [0.25, 0.3) is 5.95 Å². The van der Waals surface area contributed by atoms with Gasteiger partial charge in [-0.1, -0.05) is 0 Å². The third kappa shape index (κ3) is 2.20. The quantitative estimate of drug-likeness (QED) is 0.648. The van der Waals surface area contributed by atoms with Gasteiger partial charge in [-0.25, -0.2) is 0 Å². The predicted octanol–water partition coefficient (Wildman–Crippen LogP) is 0.197. The molecule has 1 heterocycles. The molecule has 68 valence electrons. The van der Waals surface area contributed by atoms with Crippen molar-refractivity contribution in [1.29, 1.82) is 0 Å². The number of nitrogens with zero attached hydrogens (tertiary/aromatic N) is 4. The second-order valence-electron chi connectivity index (χ2n) is 3.12. The number of rotatable bonds is 3. The Labute approximate surface area is 72.0 Å². The highest BCUT2D eigenvalue weighted by Crippen LogP contribution is 2.05. The van der Waals surface area contributed by atoms with Crippen LogP contribution in [0.3, 0.4) is 0 Å². The van der Waals surface area contributed by atoms with E-state index in [1.165, 1.54) is 0 Å². The molecule has 0 amide bonds. The average molecular weight is 170 g/mol. The molecular formula is C7H14N4O. The summed E-state index contributed by atoms with van der Waals surface area (Å²) < 4.78 is 4.99. The lowest BCUT2D eigenvalue weighted by Crippen LogP contribution is -2.12. The molecule has 0 aliphatic heterocycles. The summed E-state index contributed by atoms with van der Waals surface area (Å²) in [5.41, 5.74) is 0. The molecule has 0 aliphatic carbocycles. The maximum Gasteiger partial charge on any atom is 0.265 e. The Morgan fingerprint density at radius 1 is 1.25 bits per heavy atom. The maximum atomic E-state index is 4.99. The number of hydrogen-bond donors (Lipinski definition) is 0. The largest absolute Gasteiger partial charge is 0.344 e. The van der Waals surface area contributed by atoms with Crippen LogP contribution in [-0.4, -0.2) is 43.2 Å². The van der Waals surface area contributed by atoms with E-state index < -0.39 is 0 Å². The summed E-state index contributed by atoms with van der Waals surface area (Å²) in [4.78, 5) is 7.94. The summed E-state index contributed by atoms with van der Waals surface area (Å²) in [6, 6.07) is 0. The van der Waals surface area contributed by atoms with Crippen molar-refractivity contribution in [2.75, 3.05) is 33.1 Å². The van der Waals surface area contributed by atoms with Crippen molar-refractivity contribution in [2.24, 2.45) is 0 Å². The first-order valence-corrected chi connectivity index (χ1v) is 3.74. The third-order valence-corrected chi connectivity index (χ3v) is 1.31. The Bertz CT molecular complexity index is 243. The lowest BCUT2D eigenvalue weighted by Gasteiger charge is -2.04. The Kier molecular flexibility index (Phi) is 2.65. The van der Waals surface area contributed by atoms with E-state index in [0.717, 1.165) is 0 Å². The zero-order valence-electron chi connectivity index (χ0n) is 7.90. The fourth-order valence-corrected chi connectivity index (χ4v) is 0.762. The normalized spacial score (nSPS) is 10.8. The van der Waals surface area contributed by atoms with E-state index in [9.17, 15) is 0 Å². The van der Waals surface area contributed by atoms with Gasteiger partial charge in [0.05, 0.1) is 6.54 Å². The Balaban J connectivity index is 2.64. The molecule has 0 fully saturated rings. The third-order valence-electron chi connectivity index (χ3n) is 1.31. The molecule has 1 aromatic rings. The lowest BCUT2D eigenvalue weighted by atomic mass is 10.6. The standard InChI is InChI=1S/C7H14N4O/c1-10(2)5-6-8-7(9-12-6)11(3)4/h5H2,1-4H3. The molecule has 0 saturated carbocycles. The van der Waals surface area contributed by atoms with Crippen LogP contribution in [0.5, 0.6) is 0 Å². The van der Waals surface area contributed by atoms with Gasteiger partial charge in [-0.2, -0.15) is 4.98 Å². The number of aromatic nitrogens is 2. The minimum absolute atomic E-state index is 0.617. The number of hydrogen-bond acceptors (Lipinski definition) is 5. The van der Waals surface area contributed by atoms with Gasteiger partial charge in [-0.05, 0) is 19.3 Å². The molecule has 0 atom stereocenters. The molecular weight excluding hydrogens is 156 g/mol. The van der Waals surface area contributed by atoms with Crippen molar-refractivity contribution in [3.63, 3.8) is 0 Å². The molecule has 5 nitrogen and oxygen atoms in total. The topological polar surface area (TPSA) is 45.4 Å². The van der Waals surface area contributed by atoms with Crippen LogP contribution in [0, 0.1) is 0 Å². The van der Waals surface area contributed by atoms with Gasteiger partial charge < -0.3 is 14.3 Å². The van der Waals surface area contributed by atoms with Gasteiger partial charge in [-0.3, -0.25) is 0 Å².